The van der Waals surface area contributed by atoms with Gasteiger partial charge in [-0.1, -0.05) is 13.8 Å². The number of thiazole rings is 1. The molecule has 0 spiro atoms. The average Bonchev–Trinajstić information content (AvgIpc) is 2.75. The average molecular weight is 270 g/mol. The summed E-state index contributed by atoms with van der Waals surface area (Å²) in [5, 5.41) is 12.1. The van der Waals surface area contributed by atoms with Crippen LogP contribution in [0.25, 0.3) is 0 Å². The Hall–Kier alpha value is -0.940. The van der Waals surface area contributed by atoms with E-state index >= 15 is 0 Å². The van der Waals surface area contributed by atoms with E-state index in [1.165, 1.54) is 0 Å². The third-order valence-electron chi connectivity index (χ3n) is 2.98. The van der Waals surface area contributed by atoms with E-state index in [2.05, 4.69) is 25.8 Å². The summed E-state index contributed by atoms with van der Waals surface area (Å²) in [6.45, 7) is 6.97. The molecule has 1 heterocycles. The van der Waals surface area contributed by atoms with Crippen LogP contribution in [0, 0.1) is 0 Å². The molecule has 1 unspecified atom stereocenters. The van der Waals surface area contributed by atoms with Crippen molar-refractivity contribution in [2.24, 2.45) is 0 Å². The monoisotopic (exact) mass is 270 g/mol. The standard InChI is InChI=1S/C13H22N2O2S/c1-4-6-12-14-11(9-18-12)7-15(8-13(16)17)10(3)5-2/h9-10H,4-8H2,1-3H3,(H,16,17). The number of aromatic nitrogens is 1. The molecule has 1 N–H and O–H groups in total. The smallest absolute Gasteiger partial charge is 0.317 e. The van der Waals surface area contributed by atoms with E-state index in [-0.39, 0.29) is 12.6 Å². The maximum Gasteiger partial charge on any atom is 0.317 e. The van der Waals surface area contributed by atoms with Crippen LogP contribution < -0.4 is 0 Å². The van der Waals surface area contributed by atoms with Crippen molar-refractivity contribution in [2.45, 2.75) is 52.6 Å². The number of aliphatic carboxylic acids is 1. The quantitative estimate of drug-likeness (QED) is 0.789. The first kappa shape index (κ1) is 15.1. The number of rotatable bonds is 8. The van der Waals surface area contributed by atoms with E-state index in [9.17, 15) is 4.79 Å². The van der Waals surface area contributed by atoms with Crippen LogP contribution in [0.15, 0.2) is 5.38 Å². The third-order valence-corrected chi connectivity index (χ3v) is 3.94. The molecule has 0 saturated carbocycles. The summed E-state index contributed by atoms with van der Waals surface area (Å²) in [7, 11) is 0. The lowest BCUT2D eigenvalue weighted by Gasteiger charge is -2.25. The Balaban J connectivity index is 2.66. The minimum absolute atomic E-state index is 0.0790. The van der Waals surface area contributed by atoms with E-state index < -0.39 is 5.97 Å². The fourth-order valence-electron chi connectivity index (χ4n) is 1.76. The lowest BCUT2D eigenvalue weighted by atomic mass is 10.2. The van der Waals surface area contributed by atoms with Gasteiger partial charge in [0.05, 0.1) is 17.2 Å². The van der Waals surface area contributed by atoms with Crippen molar-refractivity contribution >= 4 is 17.3 Å². The number of carboxylic acids is 1. The number of carbonyl (C=O) groups is 1. The Bertz CT molecular complexity index is 379. The van der Waals surface area contributed by atoms with E-state index in [0.29, 0.717) is 6.54 Å². The Kier molecular flexibility index (Phi) is 6.29. The highest BCUT2D eigenvalue weighted by Crippen LogP contribution is 2.15. The zero-order valence-corrected chi connectivity index (χ0v) is 12.2. The molecule has 0 fully saturated rings. The van der Waals surface area contributed by atoms with Gasteiger partial charge in [-0.15, -0.1) is 11.3 Å². The van der Waals surface area contributed by atoms with Crippen molar-refractivity contribution in [1.29, 1.82) is 0 Å². The minimum Gasteiger partial charge on any atom is -0.480 e. The van der Waals surface area contributed by atoms with Gasteiger partial charge in [0.15, 0.2) is 0 Å². The molecule has 0 bridgehead atoms. The molecule has 0 aliphatic heterocycles. The lowest BCUT2D eigenvalue weighted by molar-refractivity contribution is -0.139. The van der Waals surface area contributed by atoms with Crippen LogP contribution in [0.2, 0.25) is 0 Å². The molecule has 0 aliphatic carbocycles. The highest BCUT2D eigenvalue weighted by Gasteiger charge is 2.17. The number of aryl methyl sites for hydroxylation is 1. The van der Waals surface area contributed by atoms with E-state index in [4.69, 9.17) is 5.11 Å². The first-order chi connectivity index (χ1) is 8.56. The van der Waals surface area contributed by atoms with Crippen molar-refractivity contribution in [2.75, 3.05) is 6.54 Å². The van der Waals surface area contributed by atoms with Crippen LogP contribution >= 0.6 is 11.3 Å². The third kappa shape index (κ3) is 4.74. The zero-order chi connectivity index (χ0) is 13.5. The molecule has 0 radical (unpaired) electrons. The fourth-order valence-corrected chi connectivity index (χ4v) is 2.65. The zero-order valence-electron chi connectivity index (χ0n) is 11.3. The molecule has 102 valence electrons. The van der Waals surface area contributed by atoms with Crippen molar-refractivity contribution in [3.05, 3.63) is 16.1 Å². The Morgan fingerprint density at radius 1 is 1.56 bits per heavy atom. The molecular weight excluding hydrogens is 248 g/mol. The van der Waals surface area contributed by atoms with Gasteiger partial charge in [-0.3, -0.25) is 9.69 Å². The maximum absolute atomic E-state index is 10.9. The van der Waals surface area contributed by atoms with Gasteiger partial charge < -0.3 is 5.11 Å². The molecule has 0 saturated heterocycles. The van der Waals surface area contributed by atoms with Crippen LogP contribution in [-0.2, 0) is 17.8 Å². The molecule has 4 nitrogen and oxygen atoms in total. The van der Waals surface area contributed by atoms with Crippen molar-refractivity contribution in [1.82, 2.24) is 9.88 Å². The largest absolute Gasteiger partial charge is 0.480 e. The Morgan fingerprint density at radius 3 is 2.83 bits per heavy atom. The summed E-state index contributed by atoms with van der Waals surface area (Å²) < 4.78 is 0. The van der Waals surface area contributed by atoms with Gasteiger partial charge in [-0.2, -0.15) is 0 Å². The summed E-state index contributed by atoms with van der Waals surface area (Å²) in [5.74, 6) is -0.778. The second-order valence-corrected chi connectivity index (χ2v) is 5.48. The SMILES string of the molecule is CCCc1nc(CN(CC(=O)O)C(C)CC)cs1. The highest BCUT2D eigenvalue weighted by molar-refractivity contribution is 7.09. The second-order valence-electron chi connectivity index (χ2n) is 4.54. The fraction of sp³-hybridized carbons (Fsp3) is 0.692. The number of hydrogen-bond donors (Lipinski definition) is 1. The molecule has 1 rings (SSSR count). The first-order valence-corrected chi connectivity index (χ1v) is 7.33. The van der Waals surface area contributed by atoms with Gasteiger partial charge in [0.25, 0.3) is 0 Å². The molecule has 5 heteroatoms. The van der Waals surface area contributed by atoms with Gasteiger partial charge in [0.1, 0.15) is 0 Å². The Morgan fingerprint density at radius 2 is 2.28 bits per heavy atom. The number of carboxylic acid groups (broad SMARTS) is 1. The van der Waals surface area contributed by atoms with Crippen LogP contribution in [0.1, 0.15) is 44.3 Å². The normalized spacial score (nSPS) is 12.9. The maximum atomic E-state index is 10.9. The van der Waals surface area contributed by atoms with Crippen molar-refractivity contribution < 1.29 is 9.90 Å². The van der Waals surface area contributed by atoms with Gasteiger partial charge in [-0.05, 0) is 26.2 Å². The van der Waals surface area contributed by atoms with Gasteiger partial charge in [-0.25, -0.2) is 4.98 Å². The van der Waals surface area contributed by atoms with Gasteiger partial charge in [0, 0.05) is 18.0 Å². The van der Waals surface area contributed by atoms with Gasteiger partial charge >= 0.3 is 5.97 Å². The summed E-state index contributed by atoms with van der Waals surface area (Å²) >= 11 is 1.67. The van der Waals surface area contributed by atoms with Crippen molar-refractivity contribution in [3.63, 3.8) is 0 Å². The van der Waals surface area contributed by atoms with Crippen LogP contribution in [0.4, 0.5) is 0 Å². The number of hydrogen-bond acceptors (Lipinski definition) is 4. The predicted molar refractivity (Wildman–Crippen MR) is 73.9 cm³/mol. The minimum atomic E-state index is -0.778. The molecule has 0 aromatic carbocycles. The summed E-state index contributed by atoms with van der Waals surface area (Å²) in [5.41, 5.74) is 0.991. The lowest BCUT2D eigenvalue weighted by Crippen LogP contribution is -2.36. The van der Waals surface area contributed by atoms with Crippen LogP contribution in [-0.4, -0.2) is 33.5 Å². The molecule has 1 aromatic heterocycles. The summed E-state index contributed by atoms with van der Waals surface area (Å²) in [6.07, 6.45) is 3.04. The van der Waals surface area contributed by atoms with E-state index in [1.54, 1.807) is 11.3 Å². The Labute approximate surface area is 113 Å². The summed E-state index contributed by atoms with van der Waals surface area (Å²) in [4.78, 5) is 17.4. The molecular formula is C13H22N2O2S. The number of nitrogens with zero attached hydrogens (tertiary/aromatic N) is 2. The molecule has 0 amide bonds. The summed E-state index contributed by atoms with van der Waals surface area (Å²) in [6, 6.07) is 0.262. The molecule has 1 atom stereocenters. The molecule has 18 heavy (non-hydrogen) atoms. The van der Waals surface area contributed by atoms with Gasteiger partial charge in [0.2, 0.25) is 0 Å². The van der Waals surface area contributed by atoms with Crippen LogP contribution in [0.5, 0.6) is 0 Å². The molecule has 0 aliphatic rings. The van der Waals surface area contributed by atoms with Crippen LogP contribution in [0.3, 0.4) is 0 Å². The highest BCUT2D eigenvalue weighted by atomic mass is 32.1. The topological polar surface area (TPSA) is 53.4 Å². The second kappa shape index (κ2) is 7.48. The molecule has 1 aromatic rings. The van der Waals surface area contributed by atoms with E-state index in [1.807, 2.05) is 10.3 Å². The first-order valence-electron chi connectivity index (χ1n) is 6.45. The van der Waals surface area contributed by atoms with E-state index in [0.717, 1.165) is 30.0 Å². The van der Waals surface area contributed by atoms with Crippen molar-refractivity contribution in [3.8, 4) is 0 Å². The predicted octanol–water partition coefficient (Wildman–Crippen LogP) is 2.78.